The normalized spacial score (nSPS) is 10.7. The van der Waals surface area contributed by atoms with E-state index >= 15 is 0 Å². The number of halogens is 1. The first-order chi connectivity index (χ1) is 13.9. The quantitative estimate of drug-likeness (QED) is 0.632. The molecule has 152 valence electrons. The highest BCUT2D eigenvalue weighted by molar-refractivity contribution is 6.31. The number of ether oxygens (including phenoxy) is 2. The largest absolute Gasteiger partial charge is 0.497 e. The Morgan fingerprint density at radius 3 is 2.55 bits per heavy atom. The highest BCUT2D eigenvalue weighted by Crippen LogP contribution is 2.25. The Bertz CT molecular complexity index is 1030. The Balaban J connectivity index is 1.77. The van der Waals surface area contributed by atoms with Crippen LogP contribution in [-0.2, 0) is 13.1 Å². The lowest BCUT2D eigenvalue weighted by Gasteiger charge is -2.12. The standard InChI is InChI=1S/C22H24ClN3O3/c1-14-21(15(2)26(25-14)13-17-7-5-6-8-19(17)23)22(27)24-12-16-9-10-18(28-3)11-20(16)29-4/h5-11H,12-13H2,1-4H3,(H,24,27). The lowest BCUT2D eigenvalue weighted by Crippen LogP contribution is -2.24. The highest BCUT2D eigenvalue weighted by Gasteiger charge is 2.19. The topological polar surface area (TPSA) is 65.4 Å². The number of carbonyl (C=O) groups is 1. The van der Waals surface area contributed by atoms with E-state index in [4.69, 9.17) is 21.1 Å². The maximum atomic E-state index is 12.9. The molecule has 0 bridgehead atoms. The second-order valence-electron chi connectivity index (χ2n) is 6.66. The van der Waals surface area contributed by atoms with Gasteiger partial charge in [0.25, 0.3) is 5.91 Å². The number of hydrogen-bond acceptors (Lipinski definition) is 4. The molecule has 1 amide bonds. The molecule has 1 N–H and O–H groups in total. The van der Waals surface area contributed by atoms with Crippen LogP contribution < -0.4 is 14.8 Å². The van der Waals surface area contributed by atoms with E-state index in [0.717, 1.165) is 16.8 Å². The molecule has 7 heteroatoms. The Morgan fingerprint density at radius 2 is 1.86 bits per heavy atom. The molecule has 1 heterocycles. The number of methoxy groups -OCH3 is 2. The second-order valence-corrected chi connectivity index (χ2v) is 7.06. The minimum absolute atomic E-state index is 0.178. The van der Waals surface area contributed by atoms with E-state index in [1.54, 1.807) is 25.0 Å². The SMILES string of the molecule is COc1ccc(CNC(=O)c2c(C)nn(Cc3ccccc3Cl)c2C)c(OC)c1. The van der Waals surface area contributed by atoms with E-state index in [1.165, 1.54) is 0 Å². The monoisotopic (exact) mass is 413 g/mol. The lowest BCUT2D eigenvalue weighted by molar-refractivity contribution is 0.0949. The number of aromatic nitrogens is 2. The molecule has 0 saturated heterocycles. The summed E-state index contributed by atoms with van der Waals surface area (Å²) in [6, 6.07) is 13.1. The Labute approximate surface area is 175 Å². The lowest BCUT2D eigenvalue weighted by atomic mass is 10.1. The van der Waals surface area contributed by atoms with Crippen LogP contribution in [-0.4, -0.2) is 29.9 Å². The van der Waals surface area contributed by atoms with Gasteiger partial charge in [0, 0.05) is 28.9 Å². The number of amides is 1. The minimum atomic E-state index is -0.178. The molecule has 0 radical (unpaired) electrons. The molecule has 0 unspecified atom stereocenters. The molecule has 0 spiro atoms. The first-order valence-electron chi connectivity index (χ1n) is 9.21. The molecule has 0 fully saturated rings. The van der Waals surface area contributed by atoms with Gasteiger partial charge in [-0.2, -0.15) is 5.10 Å². The summed E-state index contributed by atoms with van der Waals surface area (Å²) in [7, 11) is 3.19. The van der Waals surface area contributed by atoms with Crippen molar-refractivity contribution < 1.29 is 14.3 Å². The summed E-state index contributed by atoms with van der Waals surface area (Å²) in [4.78, 5) is 12.9. The number of nitrogens with zero attached hydrogens (tertiary/aromatic N) is 2. The highest BCUT2D eigenvalue weighted by atomic mass is 35.5. The fourth-order valence-corrected chi connectivity index (χ4v) is 3.42. The van der Waals surface area contributed by atoms with Crippen LogP contribution in [0.25, 0.3) is 0 Å². The molecule has 0 aliphatic rings. The predicted molar refractivity (Wildman–Crippen MR) is 113 cm³/mol. The van der Waals surface area contributed by atoms with Crippen molar-refractivity contribution in [2.75, 3.05) is 14.2 Å². The molecule has 0 atom stereocenters. The smallest absolute Gasteiger partial charge is 0.255 e. The zero-order valence-corrected chi connectivity index (χ0v) is 17.7. The molecule has 0 aliphatic heterocycles. The number of carbonyl (C=O) groups excluding carboxylic acids is 1. The van der Waals surface area contributed by atoms with Gasteiger partial charge in [-0.1, -0.05) is 29.8 Å². The van der Waals surface area contributed by atoms with Crippen molar-refractivity contribution in [3.8, 4) is 11.5 Å². The molecule has 2 aromatic carbocycles. The molecule has 3 aromatic rings. The summed E-state index contributed by atoms with van der Waals surface area (Å²) in [5.74, 6) is 1.18. The Hall–Kier alpha value is -2.99. The van der Waals surface area contributed by atoms with Gasteiger partial charge in [-0.05, 0) is 37.6 Å². The second kappa shape index (κ2) is 9.01. The minimum Gasteiger partial charge on any atom is -0.497 e. The third-order valence-electron chi connectivity index (χ3n) is 4.82. The Kier molecular flexibility index (Phi) is 6.44. The zero-order chi connectivity index (χ0) is 21.0. The first-order valence-corrected chi connectivity index (χ1v) is 9.59. The summed E-state index contributed by atoms with van der Waals surface area (Å²) >= 11 is 6.26. The zero-order valence-electron chi connectivity index (χ0n) is 17.0. The van der Waals surface area contributed by atoms with Gasteiger partial charge in [0.1, 0.15) is 11.5 Å². The molecule has 0 aliphatic carbocycles. The van der Waals surface area contributed by atoms with E-state index < -0.39 is 0 Å². The van der Waals surface area contributed by atoms with Gasteiger partial charge in [-0.25, -0.2) is 0 Å². The summed E-state index contributed by atoms with van der Waals surface area (Å²) in [5.41, 5.74) is 3.86. The van der Waals surface area contributed by atoms with E-state index in [1.807, 2.05) is 50.2 Å². The fraction of sp³-hybridized carbons (Fsp3) is 0.273. The number of rotatable bonds is 7. The molecule has 29 heavy (non-hydrogen) atoms. The average molecular weight is 414 g/mol. The van der Waals surface area contributed by atoms with Gasteiger partial charge < -0.3 is 14.8 Å². The van der Waals surface area contributed by atoms with Crippen molar-refractivity contribution in [3.05, 3.63) is 75.6 Å². The van der Waals surface area contributed by atoms with E-state index in [2.05, 4.69) is 10.4 Å². The maximum absolute atomic E-state index is 12.9. The van der Waals surface area contributed by atoms with Gasteiger partial charge in [-0.3, -0.25) is 9.48 Å². The van der Waals surface area contributed by atoms with Gasteiger partial charge in [0.15, 0.2) is 0 Å². The van der Waals surface area contributed by atoms with E-state index in [0.29, 0.717) is 40.9 Å². The third kappa shape index (κ3) is 4.54. The summed E-state index contributed by atoms with van der Waals surface area (Å²) in [5, 5.41) is 8.17. The van der Waals surface area contributed by atoms with Gasteiger partial charge in [0.2, 0.25) is 0 Å². The van der Waals surface area contributed by atoms with Crippen LogP contribution in [0.1, 0.15) is 32.9 Å². The third-order valence-corrected chi connectivity index (χ3v) is 5.19. The maximum Gasteiger partial charge on any atom is 0.255 e. The van der Waals surface area contributed by atoms with Crippen molar-refractivity contribution in [1.82, 2.24) is 15.1 Å². The number of benzene rings is 2. The first kappa shape index (κ1) is 20.7. The summed E-state index contributed by atoms with van der Waals surface area (Å²) in [6.45, 7) is 4.56. The van der Waals surface area contributed by atoms with Crippen LogP contribution in [0.15, 0.2) is 42.5 Å². The summed E-state index contributed by atoms with van der Waals surface area (Å²) in [6.07, 6.45) is 0. The van der Waals surface area contributed by atoms with Crippen molar-refractivity contribution in [2.24, 2.45) is 0 Å². The number of aryl methyl sites for hydroxylation is 1. The van der Waals surface area contributed by atoms with Crippen molar-refractivity contribution >= 4 is 17.5 Å². The molecule has 1 aromatic heterocycles. The van der Waals surface area contributed by atoms with Gasteiger partial charge in [0.05, 0.1) is 32.0 Å². The van der Waals surface area contributed by atoms with E-state index in [-0.39, 0.29) is 5.91 Å². The molecular formula is C22H24ClN3O3. The van der Waals surface area contributed by atoms with Crippen molar-refractivity contribution in [2.45, 2.75) is 26.9 Å². The van der Waals surface area contributed by atoms with Gasteiger partial charge >= 0.3 is 0 Å². The van der Waals surface area contributed by atoms with Crippen LogP contribution in [0.4, 0.5) is 0 Å². The summed E-state index contributed by atoms with van der Waals surface area (Å²) < 4.78 is 12.4. The molecular weight excluding hydrogens is 390 g/mol. The average Bonchev–Trinajstić information content (AvgIpc) is 3.00. The van der Waals surface area contributed by atoms with Crippen LogP contribution in [0.5, 0.6) is 11.5 Å². The van der Waals surface area contributed by atoms with E-state index in [9.17, 15) is 4.79 Å². The van der Waals surface area contributed by atoms with Gasteiger partial charge in [-0.15, -0.1) is 0 Å². The van der Waals surface area contributed by atoms with Crippen LogP contribution in [0.3, 0.4) is 0 Å². The van der Waals surface area contributed by atoms with Crippen molar-refractivity contribution in [3.63, 3.8) is 0 Å². The predicted octanol–water partition coefficient (Wildman–Crippen LogP) is 4.15. The van der Waals surface area contributed by atoms with Crippen LogP contribution >= 0.6 is 11.6 Å². The molecule has 6 nitrogen and oxygen atoms in total. The van der Waals surface area contributed by atoms with Crippen LogP contribution in [0.2, 0.25) is 5.02 Å². The van der Waals surface area contributed by atoms with Crippen LogP contribution in [0, 0.1) is 13.8 Å². The fourth-order valence-electron chi connectivity index (χ4n) is 3.23. The molecule has 3 rings (SSSR count). The Morgan fingerprint density at radius 1 is 1.10 bits per heavy atom. The number of nitrogens with one attached hydrogen (secondary N) is 1. The van der Waals surface area contributed by atoms with Crippen molar-refractivity contribution in [1.29, 1.82) is 0 Å². The number of hydrogen-bond donors (Lipinski definition) is 1. The molecule has 0 saturated carbocycles.